The van der Waals surface area contributed by atoms with E-state index in [1.54, 1.807) is 30.3 Å². The second kappa shape index (κ2) is 5.28. The predicted octanol–water partition coefficient (Wildman–Crippen LogP) is 1.44. The highest BCUT2D eigenvalue weighted by molar-refractivity contribution is 9.10. The average Bonchev–Trinajstić information content (AvgIpc) is 2.82. The van der Waals surface area contributed by atoms with Crippen molar-refractivity contribution >= 4 is 27.7 Å². The molecule has 1 saturated heterocycles. The van der Waals surface area contributed by atoms with Crippen LogP contribution in [-0.2, 0) is 4.79 Å². The fraction of sp³-hybridized carbons (Fsp3) is 0.462. The quantitative estimate of drug-likeness (QED) is 0.837. The minimum atomic E-state index is -0.493. The maximum atomic E-state index is 12.3. The summed E-state index contributed by atoms with van der Waals surface area (Å²) in [5.74, 6) is -0.0932. The average molecular weight is 326 g/mol. The van der Waals surface area contributed by atoms with Gasteiger partial charge < -0.3 is 10.2 Å². The van der Waals surface area contributed by atoms with Gasteiger partial charge in [-0.15, -0.1) is 0 Å². The molecule has 1 aliphatic rings. The molecule has 0 saturated carbocycles. The maximum Gasteiger partial charge on any atom is 0.255 e. The van der Waals surface area contributed by atoms with Gasteiger partial charge >= 0.3 is 0 Å². The Morgan fingerprint density at radius 1 is 1.47 bits per heavy atom. The zero-order chi connectivity index (χ0) is 14.0. The molecule has 1 aromatic heterocycles. The number of carbonyl (C=O) groups excluding carboxylic acids is 2. The van der Waals surface area contributed by atoms with Crippen LogP contribution in [0.2, 0.25) is 0 Å². The zero-order valence-corrected chi connectivity index (χ0v) is 12.5. The Kier molecular flexibility index (Phi) is 3.89. The van der Waals surface area contributed by atoms with Crippen molar-refractivity contribution in [2.75, 3.05) is 20.1 Å². The lowest BCUT2D eigenvalue weighted by Gasteiger charge is -2.22. The third-order valence-electron chi connectivity index (χ3n) is 3.51. The molecule has 1 N–H and O–H groups in total. The first-order chi connectivity index (χ1) is 8.96. The fourth-order valence-corrected chi connectivity index (χ4v) is 2.54. The van der Waals surface area contributed by atoms with Gasteiger partial charge in [0.25, 0.3) is 5.91 Å². The largest absolute Gasteiger partial charge is 0.359 e. The van der Waals surface area contributed by atoms with Gasteiger partial charge in [0.15, 0.2) is 0 Å². The number of hydrogen-bond acceptors (Lipinski definition) is 3. The van der Waals surface area contributed by atoms with Crippen molar-refractivity contribution in [3.8, 4) is 0 Å². The minimum absolute atomic E-state index is 0.0169. The highest BCUT2D eigenvalue weighted by atomic mass is 79.9. The number of rotatable bonds is 2. The number of hydrogen-bond donors (Lipinski definition) is 1. The molecule has 0 aliphatic carbocycles. The molecule has 2 heterocycles. The lowest BCUT2D eigenvalue weighted by atomic mass is 9.89. The summed E-state index contributed by atoms with van der Waals surface area (Å²) in [4.78, 5) is 29.9. The summed E-state index contributed by atoms with van der Waals surface area (Å²) in [5.41, 5.74) is 0.0528. The molecule has 1 unspecified atom stereocenters. The van der Waals surface area contributed by atoms with E-state index in [0.29, 0.717) is 29.7 Å². The van der Waals surface area contributed by atoms with Crippen LogP contribution in [-0.4, -0.2) is 41.8 Å². The van der Waals surface area contributed by atoms with Gasteiger partial charge in [-0.2, -0.15) is 0 Å². The van der Waals surface area contributed by atoms with Gasteiger partial charge in [0.1, 0.15) is 4.60 Å². The van der Waals surface area contributed by atoms with E-state index in [9.17, 15) is 9.59 Å². The van der Waals surface area contributed by atoms with Gasteiger partial charge in [-0.3, -0.25) is 9.59 Å². The van der Waals surface area contributed by atoms with Crippen LogP contribution in [0, 0.1) is 5.41 Å². The standard InChI is InChI=1S/C13H16BrN3O2/c1-13(12(19)15-2)5-6-17(8-13)11(18)9-3-4-10(14)16-7-9/h3-4,7H,5-6,8H2,1-2H3,(H,15,19). The summed E-state index contributed by atoms with van der Waals surface area (Å²) in [7, 11) is 1.62. The Labute approximate surface area is 120 Å². The first-order valence-corrected chi connectivity index (χ1v) is 6.88. The summed E-state index contributed by atoms with van der Waals surface area (Å²) < 4.78 is 0.695. The normalized spacial score (nSPS) is 22.4. The van der Waals surface area contributed by atoms with Crippen molar-refractivity contribution < 1.29 is 9.59 Å². The van der Waals surface area contributed by atoms with Crippen molar-refractivity contribution in [2.45, 2.75) is 13.3 Å². The number of amides is 2. The Hall–Kier alpha value is -1.43. The molecule has 19 heavy (non-hydrogen) atoms. The molecule has 1 fully saturated rings. The van der Waals surface area contributed by atoms with Crippen molar-refractivity contribution in [1.29, 1.82) is 0 Å². The lowest BCUT2D eigenvalue weighted by molar-refractivity contribution is -0.128. The molecule has 5 nitrogen and oxygen atoms in total. The van der Waals surface area contributed by atoms with Gasteiger partial charge in [-0.1, -0.05) is 0 Å². The Morgan fingerprint density at radius 3 is 2.79 bits per heavy atom. The Bertz CT molecular complexity index is 503. The highest BCUT2D eigenvalue weighted by Crippen LogP contribution is 2.30. The van der Waals surface area contributed by atoms with E-state index >= 15 is 0 Å². The highest BCUT2D eigenvalue weighted by Gasteiger charge is 2.41. The van der Waals surface area contributed by atoms with Gasteiger partial charge in [0.05, 0.1) is 11.0 Å². The van der Waals surface area contributed by atoms with Crippen LogP contribution in [0.4, 0.5) is 0 Å². The van der Waals surface area contributed by atoms with E-state index in [-0.39, 0.29) is 11.8 Å². The van der Waals surface area contributed by atoms with Gasteiger partial charge in [0, 0.05) is 26.3 Å². The summed E-state index contributed by atoms with van der Waals surface area (Å²) in [5, 5.41) is 2.66. The second-order valence-corrected chi connectivity index (χ2v) is 5.80. The van der Waals surface area contributed by atoms with E-state index in [1.165, 1.54) is 0 Å². The summed E-state index contributed by atoms with van der Waals surface area (Å²) in [6.07, 6.45) is 2.23. The number of pyridine rings is 1. The first-order valence-electron chi connectivity index (χ1n) is 6.09. The van der Waals surface area contributed by atoms with Crippen LogP contribution in [0.15, 0.2) is 22.9 Å². The topological polar surface area (TPSA) is 62.3 Å². The molecule has 102 valence electrons. The predicted molar refractivity (Wildman–Crippen MR) is 74.6 cm³/mol. The van der Waals surface area contributed by atoms with Crippen LogP contribution >= 0.6 is 15.9 Å². The van der Waals surface area contributed by atoms with Crippen molar-refractivity contribution in [1.82, 2.24) is 15.2 Å². The maximum absolute atomic E-state index is 12.3. The molecule has 0 aromatic carbocycles. The van der Waals surface area contributed by atoms with E-state index < -0.39 is 5.41 Å². The van der Waals surface area contributed by atoms with Crippen molar-refractivity contribution in [2.24, 2.45) is 5.41 Å². The van der Waals surface area contributed by atoms with Crippen LogP contribution in [0.3, 0.4) is 0 Å². The van der Waals surface area contributed by atoms with Gasteiger partial charge in [0.2, 0.25) is 5.91 Å². The molecule has 2 amide bonds. The molecular weight excluding hydrogens is 310 g/mol. The Morgan fingerprint density at radius 2 is 2.21 bits per heavy atom. The van der Waals surface area contributed by atoms with Crippen molar-refractivity contribution in [3.63, 3.8) is 0 Å². The summed E-state index contributed by atoms with van der Waals surface area (Å²) >= 11 is 3.24. The summed E-state index contributed by atoms with van der Waals surface area (Å²) in [6, 6.07) is 3.47. The molecule has 1 aromatic rings. The van der Waals surface area contributed by atoms with Gasteiger partial charge in [-0.05, 0) is 41.4 Å². The van der Waals surface area contributed by atoms with Crippen molar-refractivity contribution in [3.05, 3.63) is 28.5 Å². The van der Waals surface area contributed by atoms with Gasteiger partial charge in [-0.25, -0.2) is 4.98 Å². The number of halogens is 1. The summed E-state index contributed by atoms with van der Waals surface area (Å²) in [6.45, 7) is 2.93. The molecule has 6 heteroatoms. The molecule has 0 spiro atoms. The molecular formula is C13H16BrN3O2. The number of likely N-dealkylation sites (tertiary alicyclic amines) is 1. The number of aromatic nitrogens is 1. The van der Waals surface area contributed by atoms with E-state index in [0.717, 1.165) is 0 Å². The number of nitrogens with one attached hydrogen (secondary N) is 1. The van der Waals surface area contributed by atoms with Crippen LogP contribution < -0.4 is 5.32 Å². The smallest absolute Gasteiger partial charge is 0.255 e. The molecule has 0 bridgehead atoms. The van der Waals surface area contributed by atoms with Crippen LogP contribution in [0.25, 0.3) is 0 Å². The van der Waals surface area contributed by atoms with E-state index in [4.69, 9.17) is 0 Å². The zero-order valence-electron chi connectivity index (χ0n) is 10.9. The monoisotopic (exact) mass is 325 g/mol. The van der Waals surface area contributed by atoms with E-state index in [1.807, 2.05) is 6.92 Å². The SMILES string of the molecule is CNC(=O)C1(C)CCN(C(=O)c2ccc(Br)nc2)C1. The van der Waals surface area contributed by atoms with Crippen LogP contribution in [0.1, 0.15) is 23.7 Å². The lowest BCUT2D eigenvalue weighted by Crippen LogP contribution is -2.40. The second-order valence-electron chi connectivity index (χ2n) is 4.99. The third-order valence-corrected chi connectivity index (χ3v) is 3.98. The number of carbonyl (C=O) groups is 2. The molecule has 0 radical (unpaired) electrons. The van der Waals surface area contributed by atoms with E-state index in [2.05, 4.69) is 26.2 Å². The van der Waals surface area contributed by atoms with Crippen LogP contribution in [0.5, 0.6) is 0 Å². The Balaban J connectivity index is 2.11. The minimum Gasteiger partial charge on any atom is -0.359 e. The number of nitrogens with zero attached hydrogens (tertiary/aromatic N) is 2. The third kappa shape index (κ3) is 2.78. The molecule has 1 aliphatic heterocycles. The first kappa shape index (κ1) is 14.0. The molecule has 1 atom stereocenters. The fourth-order valence-electron chi connectivity index (χ4n) is 2.31. The molecule has 2 rings (SSSR count).